The van der Waals surface area contributed by atoms with Gasteiger partial charge < -0.3 is 36.2 Å². The van der Waals surface area contributed by atoms with Crippen molar-refractivity contribution >= 4 is 40.8 Å². The maximum Gasteiger partial charge on any atom is 1.00 e. The Hall–Kier alpha value is -3.35. The number of carboxylic acid groups (broad SMARTS) is 1. The van der Waals surface area contributed by atoms with E-state index in [1.165, 1.54) is 54.6 Å². The molecule has 0 saturated carbocycles. The molecular formula is C28H21Cl2F3N3NaO5. The summed E-state index contributed by atoms with van der Waals surface area (Å²) in [5.74, 6) is -1.78. The monoisotopic (exact) mass is 629 g/mol. The molecule has 0 aliphatic carbocycles. The van der Waals surface area contributed by atoms with E-state index in [-0.39, 0.29) is 76.0 Å². The van der Waals surface area contributed by atoms with Gasteiger partial charge in [0.2, 0.25) is 0 Å². The van der Waals surface area contributed by atoms with Crippen LogP contribution in [-0.2, 0) is 11.0 Å². The van der Waals surface area contributed by atoms with Gasteiger partial charge >= 0.3 is 35.7 Å². The molecular weight excluding hydrogens is 609 g/mol. The van der Waals surface area contributed by atoms with Crippen LogP contribution in [0.3, 0.4) is 0 Å². The molecule has 8 nitrogen and oxygen atoms in total. The van der Waals surface area contributed by atoms with Crippen molar-refractivity contribution in [1.29, 1.82) is 0 Å². The number of nitrogens with one attached hydrogen (secondary N) is 1. The fourth-order valence-electron chi connectivity index (χ4n) is 3.96. The number of halogens is 5. The summed E-state index contributed by atoms with van der Waals surface area (Å²) in [6.45, 7) is 0.208. The maximum absolute atomic E-state index is 12.9. The van der Waals surface area contributed by atoms with Crippen molar-refractivity contribution in [3.63, 3.8) is 0 Å². The Morgan fingerprint density at radius 1 is 1.00 bits per heavy atom. The predicted octanol–water partition coefficient (Wildman–Crippen LogP) is 1.95. The number of amides is 1. The molecule has 1 amide bonds. The molecule has 14 heteroatoms. The van der Waals surface area contributed by atoms with Crippen LogP contribution in [0.1, 0.15) is 39.4 Å². The summed E-state index contributed by atoms with van der Waals surface area (Å²) in [6, 6.07) is 12.0. The Labute approximate surface area is 270 Å². The number of alkyl halides is 3. The molecule has 1 aliphatic rings. The van der Waals surface area contributed by atoms with Crippen LogP contribution < -0.4 is 60.9 Å². The Morgan fingerprint density at radius 2 is 1.67 bits per heavy atom. The minimum absolute atomic E-state index is 0. The normalized spacial score (nSPS) is 15.1. The molecule has 0 saturated heterocycles. The van der Waals surface area contributed by atoms with Crippen LogP contribution >= 0.6 is 23.2 Å². The van der Waals surface area contributed by atoms with Gasteiger partial charge in [0.05, 0.1) is 22.2 Å². The first-order valence-electron chi connectivity index (χ1n) is 11.9. The Bertz CT molecular complexity index is 1560. The predicted molar refractivity (Wildman–Crippen MR) is 144 cm³/mol. The summed E-state index contributed by atoms with van der Waals surface area (Å²) >= 11 is 12.0. The van der Waals surface area contributed by atoms with Gasteiger partial charge in [0.25, 0.3) is 5.91 Å². The molecule has 4 rings (SSSR count). The summed E-state index contributed by atoms with van der Waals surface area (Å²) in [6.07, 6.45) is -1.73. The van der Waals surface area contributed by atoms with Gasteiger partial charge in [-0.05, 0) is 66.6 Å². The molecule has 1 aliphatic heterocycles. The molecule has 3 aromatic carbocycles. The van der Waals surface area contributed by atoms with Crippen molar-refractivity contribution in [1.82, 2.24) is 5.32 Å². The van der Waals surface area contributed by atoms with Crippen LogP contribution in [-0.4, -0.2) is 18.5 Å². The van der Waals surface area contributed by atoms with Crippen LogP contribution in [0.15, 0.2) is 72.6 Å². The summed E-state index contributed by atoms with van der Waals surface area (Å²) in [5, 5.41) is 13.5. The van der Waals surface area contributed by atoms with Gasteiger partial charge in [-0.25, -0.2) is 0 Å². The number of ether oxygens (including phenoxy) is 2. The Morgan fingerprint density at radius 3 is 2.29 bits per heavy atom. The molecule has 0 fully saturated rings. The number of fused-ring (bicyclic) bond motifs is 1. The maximum atomic E-state index is 12.9. The molecule has 1 unspecified atom stereocenters. The fraction of sp³-hybridized carbons (Fsp3) is 0.143. The molecule has 1 atom stereocenters. The zero-order valence-electron chi connectivity index (χ0n) is 21.9. The van der Waals surface area contributed by atoms with Crippen molar-refractivity contribution in [2.45, 2.75) is 18.5 Å². The number of carboxylic acids is 1. The zero-order valence-corrected chi connectivity index (χ0v) is 25.4. The van der Waals surface area contributed by atoms with Gasteiger partial charge in [0.15, 0.2) is 0 Å². The second-order valence-corrected chi connectivity index (χ2v) is 9.66. The number of rotatable bonds is 7. The summed E-state index contributed by atoms with van der Waals surface area (Å²) in [5.41, 5.74) is 11.7. The quantitative estimate of drug-likeness (QED) is 0.268. The van der Waals surface area contributed by atoms with Gasteiger partial charge in [0.1, 0.15) is 23.1 Å². The minimum atomic E-state index is -4.60. The van der Waals surface area contributed by atoms with Gasteiger partial charge in [0, 0.05) is 34.8 Å². The van der Waals surface area contributed by atoms with E-state index in [2.05, 4.69) is 5.32 Å². The number of hydrogen-bond donors (Lipinski definition) is 3. The molecule has 214 valence electrons. The smallest absolute Gasteiger partial charge is 0.549 e. The van der Waals surface area contributed by atoms with Gasteiger partial charge in [-0.3, -0.25) is 4.79 Å². The summed E-state index contributed by atoms with van der Waals surface area (Å²) in [7, 11) is 0. The second-order valence-electron chi connectivity index (χ2n) is 8.85. The number of carbonyl (C=O) groups is 2. The van der Waals surface area contributed by atoms with Crippen molar-refractivity contribution in [2.75, 3.05) is 6.61 Å². The average molecular weight is 630 g/mol. The fourth-order valence-corrected chi connectivity index (χ4v) is 4.46. The molecule has 5 N–H and O–H groups in total. The van der Waals surface area contributed by atoms with Gasteiger partial charge in [-0.15, -0.1) is 0 Å². The van der Waals surface area contributed by atoms with E-state index in [4.69, 9.17) is 44.1 Å². The standard InChI is InChI=1S/C28H22Cl2F3N3O5.Na/c29-20-11-15(3-6-19(20)28(31,32)33)22(34)7-8-25(35)36-26(37)14-1-4-16(5-2-14)41-24-13-23-18(12-21(24)30)17(27(38)39)9-10-40-23;/h1-8,11-13,17H,9-10,34-35H2,(H,36,37)(H,38,39);/q;+1/p-1/b22-7-,25-8+;. The van der Waals surface area contributed by atoms with Crippen molar-refractivity contribution in [2.24, 2.45) is 11.5 Å². The number of benzene rings is 3. The average Bonchev–Trinajstić information content (AvgIpc) is 2.91. The Balaban J connectivity index is 0.00000484. The largest absolute Gasteiger partial charge is 1.00 e. The van der Waals surface area contributed by atoms with E-state index in [9.17, 15) is 27.9 Å². The number of aliphatic carboxylic acids is 1. The van der Waals surface area contributed by atoms with E-state index in [1.54, 1.807) is 0 Å². The van der Waals surface area contributed by atoms with Crippen molar-refractivity contribution in [3.05, 3.63) is 105 Å². The molecule has 1 heterocycles. The van der Waals surface area contributed by atoms with Crippen molar-refractivity contribution < 1.29 is 66.9 Å². The molecule has 0 aromatic heterocycles. The van der Waals surface area contributed by atoms with Crippen LogP contribution in [0, 0.1) is 0 Å². The van der Waals surface area contributed by atoms with Gasteiger partial charge in [-0.1, -0.05) is 29.3 Å². The van der Waals surface area contributed by atoms with Crippen LogP contribution in [0.2, 0.25) is 10.0 Å². The number of nitrogens with two attached hydrogens (primary N) is 2. The van der Waals surface area contributed by atoms with Crippen LogP contribution in [0.5, 0.6) is 17.2 Å². The first kappa shape index (κ1) is 33.2. The van der Waals surface area contributed by atoms with E-state index in [1.807, 2.05) is 0 Å². The second kappa shape index (κ2) is 13.7. The first-order valence-corrected chi connectivity index (χ1v) is 12.7. The number of allylic oxidation sites excluding steroid dienone is 2. The minimum Gasteiger partial charge on any atom is -0.549 e. The number of hydrogen-bond acceptors (Lipinski definition) is 7. The topological polar surface area (TPSA) is 140 Å². The number of carbonyl (C=O) groups excluding carboxylic acids is 2. The van der Waals surface area contributed by atoms with Crippen molar-refractivity contribution in [3.8, 4) is 17.2 Å². The summed E-state index contributed by atoms with van der Waals surface area (Å²) < 4.78 is 50.0. The molecule has 0 bridgehead atoms. The SMILES string of the molecule is N/C(=C\C=C(/N)NC(=O)c1ccc(Oc2cc3c(cc2Cl)C(C(=O)[O-])CCO3)cc1)c1ccc(C(F)(F)F)c(Cl)c1.[Na+]. The third kappa shape index (κ3) is 7.93. The van der Waals surface area contributed by atoms with Gasteiger partial charge in [-0.2, -0.15) is 13.2 Å². The summed E-state index contributed by atoms with van der Waals surface area (Å²) in [4.78, 5) is 24.0. The Kier molecular flexibility index (Phi) is 10.9. The third-order valence-corrected chi connectivity index (χ3v) is 6.65. The van der Waals surface area contributed by atoms with E-state index >= 15 is 0 Å². The first-order chi connectivity index (χ1) is 19.3. The molecule has 0 spiro atoms. The van der Waals surface area contributed by atoms with Crippen LogP contribution in [0.4, 0.5) is 13.2 Å². The van der Waals surface area contributed by atoms with E-state index < -0.39 is 34.6 Å². The molecule has 3 aromatic rings. The van der Waals surface area contributed by atoms with E-state index in [0.29, 0.717) is 17.1 Å². The molecule has 42 heavy (non-hydrogen) atoms. The van der Waals surface area contributed by atoms with Crippen LogP contribution in [0.25, 0.3) is 5.70 Å². The third-order valence-electron chi connectivity index (χ3n) is 6.04. The molecule has 0 radical (unpaired) electrons. The zero-order chi connectivity index (χ0) is 29.9. The van der Waals surface area contributed by atoms with E-state index in [0.717, 1.165) is 12.1 Å².